The Balaban J connectivity index is 2.57. The molecule has 1 unspecified atom stereocenters. The number of hydrogen-bond acceptors (Lipinski definition) is 3. The predicted molar refractivity (Wildman–Crippen MR) is 66.7 cm³/mol. The highest BCUT2D eigenvalue weighted by atomic mass is 16.2. The van der Waals surface area contributed by atoms with Crippen LogP contribution in [0.4, 0.5) is 16.2 Å². The molecule has 1 atom stereocenters. The van der Waals surface area contributed by atoms with E-state index in [9.17, 15) is 4.79 Å². The number of benzene rings is 1. The van der Waals surface area contributed by atoms with Crippen LogP contribution < -0.4 is 21.7 Å². The van der Waals surface area contributed by atoms with Crippen LogP contribution in [0.3, 0.4) is 0 Å². The second-order valence-corrected chi connectivity index (χ2v) is 3.56. The van der Waals surface area contributed by atoms with Gasteiger partial charge in [-0.25, -0.2) is 4.79 Å². The molecule has 1 aromatic rings. The highest BCUT2D eigenvalue weighted by Crippen LogP contribution is 2.13. The van der Waals surface area contributed by atoms with Gasteiger partial charge in [0.1, 0.15) is 0 Å². The molecule has 0 heterocycles. The van der Waals surface area contributed by atoms with Crippen LogP contribution in [0.1, 0.15) is 6.92 Å². The van der Waals surface area contributed by atoms with Crippen molar-refractivity contribution in [2.24, 2.45) is 5.73 Å². The van der Waals surface area contributed by atoms with Crippen molar-refractivity contribution in [3.63, 3.8) is 0 Å². The largest absolute Gasteiger partial charge is 0.381 e. The summed E-state index contributed by atoms with van der Waals surface area (Å²) in [5.41, 5.74) is 7.25. The third-order valence-electron chi connectivity index (χ3n) is 2.14. The quantitative estimate of drug-likeness (QED) is 0.618. The van der Waals surface area contributed by atoms with Gasteiger partial charge in [-0.05, 0) is 31.2 Å². The van der Waals surface area contributed by atoms with Crippen LogP contribution in [0.2, 0.25) is 0 Å². The highest BCUT2D eigenvalue weighted by Gasteiger charge is 2.00. The first-order chi connectivity index (χ1) is 7.65. The molecule has 1 aromatic carbocycles. The molecule has 2 amide bonds. The van der Waals surface area contributed by atoms with Gasteiger partial charge >= 0.3 is 6.03 Å². The van der Waals surface area contributed by atoms with Crippen molar-refractivity contribution in [1.29, 1.82) is 0 Å². The summed E-state index contributed by atoms with van der Waals surface area (Å²) < 4.78 is 0. The van der Waals surface area contributed by atoms with Crippen LogP contribution >= 0.6 is 0 Å². The summed E-state index contributed by atoms with van der Waals surface area (Å²) in [6.45, 7) is 2.59. The average Bonchev–Trinajstić information content (AvgIpc) is 2.31. The van der Waals surface area contributed by atoms with Crippen molar-refractivity contribution in [2.45, 2.75) is 13.0 Å². The van der Waals surface area contributed by atoms with Gasteiger partial charge in [-0.2, -0.15) is 0 Å². The topological polar surface area (TPSA) is 79.2 Å². The molecule has 5 N–H and O–H groups in total. The molecule has 88 valence electrons. The van der Waals surface area contributed by atoms with E-state index in [4.69, 9.17) is 5.73 Å². The minimum Gasteiger partial charge on any atom is -0.381 e. The van der Waals surface area contributed by atoms with E-state index in [2.05, 4.69) is 16.0 Å². The summed E-state index contributed by atoms with van der Waals surface area (Å²) in [5, 5.41) is 8.40. The van der Waals surface area contributed by atoms with Crippen molar-refractivity contribution in [2.75, 3.05) is 24.2 Å². The van der Waals surface area contributed by atoms with Gasteiger partial charge < -0.3 is 21.7 Å². The molecule has 1 rings (SSSR count). The smallest absolute Gasteiger partial charge is 0.318 e. The molecular formula is C11H18N4O. The first-order valence-electron chi connectivity index (χ1n) is 5.21. The number of rotatable bonds is 4. The van der Waals surface area contributed by atoms with Gasteiger partial charge in [0, 0.05) is 31.0 Å². The molecule has 0 saturated heterocycles. The van der Waals surface area contributed by atoms with Crippen molar-refractivity contribution in [1.82, 2.24) is 5.32 Å². The summed E-state index contributed by atoms with van der Waals surface area (Å²) in [7, 11) is 1.58. The van der Waals surface area contributed by atoms with Crippen LogP contribution in [0.25, 0.3) is 0 Å². The number of anilines is 2. The summed E-state index contributed by atoms with van der Waals surface area (Å²) in [5.74, 6) is 0. The number of amides is 2. The average molecular weight is 222 g/mol. The van der Waals surface area contributed by atoms with E-state index in [1.165, 1.54) is 0 Å². The van der Waals surface area contributed by atoms with Gasteiger partial charge in [0.25, 0.3) is 0 Å². The minimum atomic E-state index is -0.226. The normalized spacial score (nSPS) is 11.7. The fourth-order valence-electron chi connectivity index (χ4n) is 1.19. The van der Waals surface area contributed by atoms with E-state index < -0.39 is 0 Å². The lowest BCUT2D eigenvalue weighted by Gasteiger charge is -2.13. The lowest BCUT2D eigenvalue weighted by molar-refractivity contribution is 0.254. The summed E-state index contributed by atoms with van der Waals surface area (Å²) >= 11 is 0. The Morgan fingerprint density at radius 1 is 1.31 bits per heavy atom. The fraction of sp³-hybridized carbons (Fsp3) is 0.364. The molecule has 0 aliphatic heterocycles. The number of hydrogen-bond donors (Lipinski definition) is 4. The van der Waals surface area contributed by atoms with Crippen LogP contribution in [-0.4, -0.2) is 25.7 Å². The zero-order valence-electron chi connectivity index (χ0n) is 9.58. The molecule has 0 aromatic heterocycles. The van der Waals surface area contributed by atoms with E-state index in [1.54, 1.807) is 7.05 Å². The number of carbonyl (C=O) groups is 1. The van der Waals surface area contributed by atoms with E-state index in [1.807, 2.05) is 31.2 Å². The molecule has 5 heteroatoms. The Hall–Kier alpha value is -1.75. The molecule has 16 heavy (non-hydrogen) atoms. The van der Waals surface area contributed by atoms with Crippen LogP contribution in [0, 0.1) is 0 Å². The molecule has 5 nitrogen and oxygen atoms in total. The number of urea groups is 1. The maximum absolute atomic E-state index is 11.0. The molecule has 0 aliphatic carbocycles. The Kier molecular flexibility index (Phi) is 4.60. The maximum Gasteiger partial charge on any atom is 0.318 e. The van der Waals surface area contributed by atoms with Gasteiger partial charge in [-0.1, -0.05) is 0 Å². The Bertz CT molecular complexity index is 336. The Morgan fingerprint density at radius 2 is 1.88 bits per heavy atom. The maximum atomic E-state index is 11.0. The lowest BCUT2D eigenvalue weighted by atomic mass is 10.2. The number of nitrogens with two attached hydrogens (primary N) is 1. The SMILES string of the molecule is CNC(=O)Nc1ccc(NC(C)CN)cc1. The fourth-order valence-corrected chi connectivity index (χ4v) is 1.19. The van der Waals surface area contributed by atoms with E-state index >= 15 is 0 Å². The van der Waals surface area contributed by atoms with Crippen molar-refractivity contribution in [3.05, 3.63) is 24.3 Å². The van der Waals surface area contributed by atoms with Gasteiger partial charge in [0.2, 0.25) is 0 Å². The molecule has 0 saturated carbocycles. The van der Waals surface area contributed by atoms with Crippen molar-refractivity contribution < 1.29 is 4.79 Å². The Labute approximate surface area is 95.4 Å². The second kappa shape index (κ2) is 5.97. The zero-order valence-corrected chi connectivity index (χ0v) is 9.58. The standard InChI is InChI=1S/C11H18N4O/c1-8(7-12)14-9-3-5-10(6-4-9)15-11(16)13-2/h3-6,8,14H,7,12H2,1-2H3,(H2,13,15,16). The first-order valence-corrected chi connectivity index (χ1v) is 5.21. The predicted octanol–water partition coefficient (Wildman–Crippen LogP) is 1.20. The third-order valence-corrected chi connectivity index (χ3v) is 2.14. The Morgan fingerprint density at radius 3 is 2.38 bits per heavy atom. The van der Waals surface area contributed by atoms with E-state index in [-0.39, 0.29) is 12.1 Å². The number of carbonyl (C=O) groups excluding carboxylic acids is 1. The number of nitrogens with one attached hydrogen (secondary N) is 3. The van der Waals surface area contributed by atoms with Crippen molar-refractivity contribution >= 4 is 17.4 Å². The van der Waals surface area contributed by atoms with Crippen LogP contribution in [0.15, 0.2) is 24.3 Å². The molecule has 0 fully saturated rings. The summed E-state index contributed by atoms with van der Waals surface area (Å²) in [6, 6.07) is 7.48. The molecule has 0 radical (unpaired) electrons. The minimum absolute atomic E-state index is 0.226. The monoisotopic (exact) mass is 222 g/mol. The van der Waals surface area contributed by atoms with Gasteiger partial charge in [-0.15, -0.1) is 0 Å². The molecule has 0 aliphatic rings. The van der Waals surface area contributed by atoms with E-state index in [0.717, 1.165) is 11.4 Å². The highest BCUT2D eigenvalue weighted by molar-refractivity contribution is 5.89. The first kappa shape index (κ1) is 12.3. The van der Waals surface area contributed by atoms with Gasteiger partial charge in [-0.3, -0.25) is 0 Å². The van der Waals surface area contributed by atoms with Crippen LogP contribution in [-0.2, 0) is 0 Å². The summed E-state index contributed by atoms with van der Waals surface area (Å²) in [4.78, 5) is 11.0. The van der Waals surface area contributed by atoms with Crippen LogP contribution in [0.5, 0.6) is 0 Å². The molecular weight excluding hydrogens is 204 g/mol. The third kappa shape index (κ3) is 3.78. The lowest BCUT2D eigenvalue weighted by Crippen LogP contribution is -2.25. The zero-order chi connectivity index (χ0) is 12.0. The molecule has 0 spiro atoms. The molecule has 0 bridgehead atoms. The van der Waals surface area contributed by atoms with Gasteiger partial charge in [0.15, 0.2) is 0 Å². The van der Waals surface area contributed by atoms with Crippen molar-refractivity contribution in [3.8, 4) is 0 Å². The van der Waals surface area contributed by atoms with Gasteiger partial charge in [0.05, 0.1) is 0 Å². The second-order valence-electron chi connectivity index (χ2n) is 3.56. The summed E-state index contributed by atoms with van der Waals surface area (Å²) in [6.07, 6.45) is 0. The van der Waals surface area contributed by atoms with E-state index in [0.29, 0.717) is 6.54 Å².